The summed E-state index contributed by atoms with van der Waals surface area (Å²) in [5.41, 5.74) is 0.797. The summed E-state index contributed by atoms with van der Waals surface area (Å²) in [6.07, 6.45) is 0. The second kappa shape index (κ2) is 5.61. The van der Waals surface area contributed by atoms with E-state index in [0.717, 1.165) is 13.7 Å². The molecule has 0 spiro atoms. The SMILES string of the molecule is CC(C)(C)c1nc(-c2cc(Br)c(Br)o2)nc(Cl)c1I. The van der Waals surface area contributed by atoms with Crippen molar-refractivity contribution in [1.29, 1.82) is 0 Å². The molecule has 0 aliphatic heterocycles. The summed E-state index contributed by atoms with van der Waals surface area (Å²) < 4.78 is 7.85. The molecule has 0 atom stereocenters. The summed E-state index contributed by atoms with van der Waals surface area (Å²) >= 11 is 15.0. The summed E-state index contributed by atoms with van der Waals surface area (Å²) in [4.78, 5) is 8.87. The van der Waals surface area contributed by atoms with Crippen LogP contribution < -0.4 is 0 Å². The molecule has 0 aliphatic carbocycles. The van der Waals surface area contributed by atoms with Crippen molar-refractivity contribution >= 4 is 66.1 Å². The Bertz CT molecular complexity index is 618. The zero-order valence-corrected chi connectivity index (χ0v) is 16.5. The van der Waals surface area contributed by atoms with Crippen LogP contribution in [-0.2, 0) is 5.41 Å². The van der Waals surface area contributed by atoms with Gasteiger partial charge in [-0.3, -0.25) is 0 Å². The van der Waals surface area contributed by atoms with E-state index in [1.165, 1.54) is 0 Å². The number of hydrogen-bond acceptors (Lipinski definition) is 3. The highest BCUT2D eigenvalue weighted by molar-refractivity contribution is 14.1. The van der Waals surface area contributed by atoms with E-state index in [0.29, 0.717) is 21.4 Å². The van der Waals surface area contributed by atoms with Gasteiger partial charge in [0.2, 0.25) is 0 Å². The van der Waals surface area contributed by atoms with Crippen LogP contribution in [0.2, 0.25) is 5.15 Å². The minimum atomic E-state index is -0.112. The van der Waals surface area contributed by atoms with Crippen molar-refractivity contribution in [2.24, 2.45) is 0 Å². The molecule has 0 N–H and O–H groups in total. The lowest BCUT2D eigenvalue weighted by Crippen LogP contribution is -2.17. The van der Waals surface area contributed by atoms with Gasteiger partial charge in [0.15, 0.2) is 16.3 Å². The minimum absolute atomic E-state index is 0.112. The van der Waals surface area contributed by atoms with Crippen molar-refractivity contribution in [3.05, 3.63) is 29.6 Å². The Morgan fingerprint density at radius 3 is 2.37 bits per heavy atom. The third-order valence-corrected chi connectivity index (χ3v) is 5.71. The zero-order valence-electron chi connectivity index (χ0n) is 10.4. The topological polar surface area (TPSA) is 38.9 Å². The Kier molecular flexibility index (Phi) is 4.65. The van der Waals surface area contributed by atoms with Gasteiger partial charge in [0.1, 0.15) is 5.15 Å². The van der Waals surface area contributed by atoms with Gasteiger partial charge in [0.05, 0.1) is 13.7 Å². The van der Waals surface area contributed by atoms with Crippen molar-refractivity contribution in [2.75, 3.05) is 0 Å². The quantitative estimate of drug-likeness (QED) is 0.352. The predicted molar refractivity (Wildman–Crippen MR) is 91.6 cm³/mol. The number of aromatic nitrogens is 2. The molecule has 0 fully saturated rings. The van der Waals surface area contributed by atoms with Gasteiger partial charge in [-0.1, -0.05) is 32.4 Å². The molecule has 2 heterocycles. The van der Waals surface area contributed by atoms with E-state index in [1.807, 2.05) is 6.07 Å². The highest BCUT2D eigenvalue weighted by Crippen LogP contribution is 2.35. The summed E-state index contributed by atoms with van der Waals surface area (Å²) in [5, 5.41) is 0.444. The lowest BCUT2D eigenvalue weighted by Gasteiger charge is -2.20. The predicted octanol–water partition coefficient (Wildman–Crippen LogP) is 5.82. The highest BCUT2D eigenvalue weighted by atomic mass is 127. The molecule has 0 radical (unpaired) electrons. The molecule has 0 saturated carbocycles. The van der Waals surface area contributed by atoms with Crippen molar-refractivity contribution in [1.82, 2.24) is 9.97 Å². The molecule has 19 heavy (non-hydrogen) atoms. The van der Waals surface area contributed by atoms with Crippen LogP contribution in [0.1, 0.15) is 26.5 Å². The van der Waals surface area contributed by atoms with E-state index in [2.05, 4.69) is 85.2 Å². The first-order chi connectivity index (χ1) is 8.70. The molecule has 7 heteroatoms. The molecule has 0 saturated heterocycles. The normalized spacial score (nSPS) is 11.9. The maximum absolute atomic E-state index is 6.20. The van der Waals surface area contributed by atoms with Crippen LogP contribution in [0.15, 0.2) is 19.6 Å². The second-order valence-corrected chi connectivity index (χ2v) is 7.99. The first kappa shape index (κ1) is 15.7. The van der Waals surface area contributed by atoms with Gasteiger partial charge >= 0.3 is 0 Å². The van der Waals surface area contributed by atoms with Crippen LogP contribution in [0, 0.1) is 3.57 Å². The van der Waals surface area contributed by atoms with E-state index in [-0.39, 0.29) is 5.41 Å². The number of hydrogen-bond donors (Lipinski definition) is 0. The summed E-state index contributed by atoms with van der Waals surface area (Å²) in [6.45, 7) is 6.27. The van der Waals surface area contributed by atoms with Crippen LogP contribution >= 0.6 is 66.1 Å². The number of halogens is 4. The largest absolute Gasteiger partial charge is 0.445 e. The van der Waals surface area contributed by atoms with Gasteiger partial charge in [-0.2, -0.15) is 0 Å². The molecule has 0 unspecified atom stereocenters. The van der Waals surface area contributed by atoms with Crippen molar-refractivity contribution in [3.63, 3.8) is 0 Å². The third-order valence-electron chi connectivity index (χ3n) is 2.39. The van der Waals surface area contributed by atoms with E-state index < -0.39 is 0 Å². The maximum atomic E-state index is 6.20. The third kappa shape index (κ3) is 3.33. The second-order valence-electron chi connectivity index (χ2n) is 4.98. The Morgan fingerprint density at radius 1 is 1.26 bits per heavy atom. The monoisotopic (exact) mass is 518 g/mol. The lowest BCUT2D eigenvalue weighted by molar-refractivity contribution is 0.540. The van der Waals surface area contributed by atoms with Crippen LogP contribution in [0.25, 0.3) is 11.6 Å². The van der Waals surface area contributed by atoms with E-state index in [9.17, 15) is 0 Å². The molecule has 0 amide bonds. The first-order valence-electron chi connectivity index (χ1n) is 5.39. The van der Waals surface area contributed by atoms with Crippen LogP contribution in [-0.4, -0.2) is 9.97 Å². The summed E-state index contributed by atoms with van der Waals surface area (Å²) in [7, 11) is 0. The van der Waals surface area contributed by atoms with Gasteiger partial charge in [0.25, 0.3) is 0 Å². The highest BCUT2D eigenvalue weighted by Gasteiger charge is 2.24. The Morgan fingerprint density at radius 2 is 1.89 bits per heavy atom. The maximum Gasteiger partial charge on any atom is 0.197 e. The molecule has 0 aromatic carbocycles. The molecule has 0 bridgehead atoms. The Hall–Kier alpha value is 0.340. The van der Waals surface area contributed by atoms with Crippen molar-refractivity contribution in [3.8, 4) is 11.6 Å². The van der Waals surface area contributed by atoms with E-state index in [1.54, 1.807) is 0 Å². The minimum Gasteiger partial charge on any atom is -0.445 e. The number of rotatable bonds is 1. The van der Waals surface area contributed by atoms with Crippen LogP contribution in [0.3, 0.4) is 0 Å². The number of furan rings is 1. The van der Waals surface area contributed by atoms with Crippen LogP contribution in [0.5, 0.6) is 0 Å². The molecule has 2 rings (SSSR count). The van der Waals surface area contributed by atoms with E-state index >= 15 is 0 Å². The van der Waals surface area contributed by atoms with Crippen molar-refractivity contribution < 1.29 is 4.42 Å². The summed E-state index contributed by atoms with van der Waals surface area (Å²) in [5.74, 6) is 1.06. The molecule has 0 aliphatic rings. The molecular formula is C12H10Br2ClIN2O. The van der Waals surface area contributed by atoms with Gasteiger partial charge in [-0.15, -0.1) is 0 Å². The molecular weight excluding hydrogens is 510 g/mol. The molecule has 3 nitrogen and oxygen atoms in total. The summed E-state index contributed by atoms with van der Waals surface area (Å²) in [6, 6.07) is 1.81. The standard InChI is InChI=1S/C12H10Br2ClIN2O/c1-12(2,3)8-7(16)10(15)18-11(17-8)6-4-5(13)9(14)19-6/h4H,1-3H3. The van der Waals surface area contributed by atoms with E-state index in [4.69, 9.17) is 16.0 Å². The first-order valence-corrected chi connectivity index (χ1v) is 8.43. The van der Waals surface area contributed by atoms with Gasteiger partial charge in [-0.05, 0) is 54.5 Å². The van der Waals surface area contributed by atoms with Gasteiger partial charge in [0, 0.05) is 11.5 Å². The van der Waals surface area contributed by atoms with Gasteiger partial charge in [-0.25, -0.2) is 9.97 Å². The molecule has 2 aromatic heterocycles. The van der Waals surface area contributed by atoms with Crippen molar-refractivity contribution in [2.45, 2.75) is 26.2 Å². The Balaban J connectivity index is 2.63. The average Bonchev–Trinajstić information content (AvgIpc) is 2.61. The average molecular weight is 520 g/mol. The zero-order chi connectivity index (χ0) is 14.4. The smallest absolute Gasteiger partial charge is 0.197 e. The molecule has 2 aromatic rings. The fraction of sp³-hybridized carbons (Fsp3) is 0.333. The number of nitrogens with zero attached hydrogens (tertiary/aromatic N) is 2. The molecule has 102 valence electrons. The fourth-order valence-electron chi connectivity index (χ4n) is 1.48. The Labute approximate surface area is 146 Å². The fourth-order valence-corrected chi connectivity index (χ4v) is 3.28. The van der Waals surface area contributed by atoms with Crippen LogP contribution in [0.4, 0.5) is 0 Å². The van der Waals surface area contributed by atoms with Gasteiger partial charge < -0.3 is 4.42 Å². The lowest BCUT2D eigenvalue weighted by atomic mass is 9.92.